The smallest absolute Gasteiger partial charge is 0.303 e. The molecular weight excluding hydrogens is 292 g/mol. The molecule has 0 aromatic carbocycles. The lowest BCUT2D eigenvalue weighted by atomic mass is 9.90. The van der Waals surface area contributed by atoms with Gasteiger partial charge in [0.1, 0.15) is 0 Å². The topological polar surface area (TPSA) is 77.8 Å². The van der Waals surface area contributed by atoms with Crippen molar-refractivity contribution in [2.45, 2.75) is 110 Å². The van der Waals surface area contributed by atoms with Gasteiger partial charge < -0.3 is 15.3 Å². The SMILES string of the molecule is CCCCC[C@H](O)CCC[C@@H](CCCCCCC(=O)O)[C@@H](C)O. The number of aliphatic hydroxyl groups is 2. The molecule has 3 atom stereocenters. The van der Waals surface area contributed by atoms with Crippen LogP contribution < -0.4 is 0 Å². The molecule has 0 radical (unpaired) electrons. The summed E-state index contributed by atoms with van der Waals surface area (Å²) in [5.41, 5.74) is 0. The molecule has 0 aromatic heterocycles. The van der Waals surface area contributed by atoms with Crippen molar-refractivity contribution in [3.8, 4) is 0 Å². The predicted molar refractivity (Wildman–Crippen MR) is 94.5 cm³/mol. The van der Waals surface area contributed by atoms with E-state index in [1.165, 1.54) is 12.8 Å². The highest BCUT2D eigenvalue weighted by Crippen LogP contribution is 2.22. The van der Waals surface area contributed by atoms with Crippen LogP contribution in [0.15, 0.2) is 0 Å². The lowest BCUT2D eigenvalue weighted by molar-refractivity contribution is -0.137. The fraction of sp³-hybridized carbons (Fsp3) is 0.947. The summed E-state index contributed by atoms with van der Waals surface area (Å²) in [7, 11) is 0. The maximum absolute atomic E-state index is 10.4. The molecule has 0 fully saturated rings. The molecular formula is C19H38O4. The van der Waals surface area contributed by atoms with Crippen LogP contribution in [0.5, 0.6) is 0 Å². The number of rotatable bonds is 16. The van der Waals surface area contributed by atoms with Crippen molar-refractivity contribution in [3.63, 3.8) is 0 Å². The first-order valence-corrected chi connectivity index (χ1v) is 9.55. The first-order valence-electron chi connectivity index (χ1n) is 9.55. The average Bonchev–Trinajstić information content (AvgIpc) is 2.48. The molecule has 0 saturated carbocycles. The fourth-order valence-corrected chi connectivity index (χ4v) is 3.05. The third-order valence-electron chi connectivity index (χ3n) is 4.65. The second-order valence-corrected chi connectivity index (χ2v) is 6.93. The molecule has 4 heteroatoms. The number of aliphatic hydroxyl groups excluding tert-OH is 2. The van der Waals surface area contributed by atoms with Gasteiger partial charge in [0, 0.05) is 6.42 Å². The van der Waals surface area contributed by atoms with Crippen LogP contribution in [0, 0.1) is 5.92 Å². The van der Waals surface area contributed by atoms with Gasteiger partial charge in [-0.2, -0.15) is 0 Å². The zero-order valence-electron chi connectivity index (χ0n) is 15.2. The number of hydrogen-bond donors (Lipinski definition) is 3. The predicted octanol–water partition coefficient (Wildman–Crippen LogP) is 4.52. The Kier molecular flexibility index (Phi) is 14.6. The molecule has 0 amide bonds. The highest BCUT2D eigenvalue weighted by molar-refractivity contribution is 5.66. The monoisotopic (exact) mass is 330 g/mol. The molecule has 0 unspecified atom stereocenters. The Balaban J connectivity index is 3.71. The van der Waals surface area contributed by atoms with Gasteiger partial charge in [0.15, 0.2) is 0 Å². The average molecular weight is 331 g/mol. The summed E-state index contributed by atoms with van der Waals surface area (Å²) in [6.45, 7) is 4.02. The molecule has 0 aliphatic heterocycles. The molecule has 0 heterocycles. The second-order valence-electron chi connectivity index (χ2n) is 6.93. The van der Waals surface area contributed by atoms with Crippen molar-refractivity contribution in [2.24, 2.45) is 5.92 Å². The Hall–Kier alpha value is -0.610. The summed E-state index contributed by atoms with van der Waals surface area (Å²) in [6, 6.07) is 0. The first-order chi connectivity index (χ1) is 11.0. The minimum Gasteiger partial charge on any atom is -0.481 e. The second kappa shape index (κ2) is 14.9. The molecule has 23 heavy (non-hydrogen) atoms. The van der Waals surface area contributed by atoms with E-state index in [0.29, 0.717) is 5.92 Å². The van der Waals surface area contributed by atoms with Crippen LogP contribution >= 0.6 is 0 Å². The third-order valence-corrected chi connectivity index (χ3v) is 4.65. The number of hydrogen-bond acceptors (Lipinski definition) is 3. The van der Waals surface area contributed by atoms with Crippen LogP contribution in [0.4, 0.5) is 0 Å². The molecule has 0 rings (SSSR count). The maximum atomic E-state index is 10.4. The lowest BCUT2D eigenvalue weighted by Gasteiger charge is -2.20. The Bertz CT molecular complexity index is 279. The van der Waals surface area contributed by atoms with Gasteiger partial charge in [-0.05, 0) is 44.9 Å². The molecule has 4 nitrogen and oxygen atoms in total. The van der Waals surface area contributed by atoms with E-state index in [0.717, 1.165) is 64.2 Å². The van der Waals surface area contributed by atoms with Gasteiger partial charge >= 0.3 is 5.97 Å². The number of carboxylic acid groups (broad SMARTS) is 1. The van der Waals surface area contributed by atoms with Gasteiger partial charge in [0.05, 0.1) is 12.2 Å². The highest BCUT2D eigenvalue weighted by Gasteiger charge is 2.15. The molecule has 0 bridgehead atoms. The van der Waals surface area contributed by atoms with E-state index in [4.69, 9.17) is 5.11 Å². The van der Waals surface area contributed by atoms with Crippen molar-refractivity contribution in [3.05, 3.63) is 0 Å². The van der Waals surface area contributed by atoms with E-state index in [-0.39, 0.29) is 18.6 Å². The zero-order valence-corrected chi connectivity index (χ0v) is 15.2. The Morgan fingerprint density at radius 3 is 2.00 bits per heavy atom. The Labute approximate surface area is 142 Å². The molecule has 3 N–H and O–H groups in total. The normalized spacial score (nSPS) is 15.3. The highest BCUT2D eigenvalue weighted by atomic mass is 16.4. The van der Waals surface area contributed by atoms with Crippen LogP contribution in [0.1, 0.15) is 97.3 Å². The molecule has 138 valence electrons. The van der Waals surface area contributed by atoms with Crippen LogP contribution in [-0.2, 0) is 4.79 Å². The van der Waals surface area contributed by atoms with Gasteiger partial charge in [-0.15, -0.1) is 0 Å². The third kappa shape index (κ3) is 14.7. The lowest BCUT2D eigenvalue weighted by Crippen LogP contribution is -2.17. The maximum Gasteiger partial charge on any atom is 0.303 e. The molecule has 0 saturated heterocycles. The van der Waals surface area contributed by atoms with Crippen molar-refractivity contribution in [2.75, 3.05) is 0 Å². The molecule has 0 aliphatic carbocycles. The van der Waals surface area contributed by atoms with Crippen molar-refractivity contribution >= 4 is 5.97 Å². The minimum absolute atomic E-state index is 0.188. The molecule has 0 spiro atoms. The summed E-state index contributed by atoms with van der Waals surface area (Å²) in [4.78, 5) is 10.4. The summed E-state index contributed by atoms with van der Waals surface area (Å²) in [6.07, 6.45) is 11.7. The first kappa shape index (κ1) is 22.4. The minimum atomic E-state index is -0.718. The van der Waals surface area contributed by atoms with Crippen LogP contribution in [0.2, 0.25) is 0 Å². The van der Waals surface area contributed by atoms with Crippen LogP contribution in [0.25, 0.3) is 0 Å². The van der Waals surface area contributed by atoms with Gasteiger partial charge in [-0.25, -0.2) is 0 Å². The summed E-state index contributed by atoms with van der Waals surface area (Å²) in [5.74, 6) is -0.415. The van der Waals surface area contributed by atoms with E-state index in [9.17, 15) is 15.0 Å². The largest absolute Gasteiger partial charge is 0.481 e. The van der Waals surface area contributed by atoms with Crippen molar-refractivity contribution in [1.29, 1.82) is 0 Å². The summed E-state index contributed by atoms with van der Waals surface area (Å²) >= 11 is 0. The van der Waals surface area contributed by atoms with Gasteiger partial charge in [0.2, 0.25) is 0 Å². The van der Waals surface area contributed by atoms with Gasteiger partial charge in [0.25, 0.3) is 0 Å². The quantitative estimate of drug-likeness (QED) is 0.364. The van der Waals surface area contributed by atoms with Crippen molar-refractivity contribution < 1.29 is 20.1 Å². The van der Waals surface area contributed by atoms with E-state index in [2.05, 4.69) is 6.92 Å². The number of aliphatic carboxylic acids is 1. The Morgan fingerprint density at radius 2 is 1.39 bits per heavy atom. The Morgan fingerprint density at radius 1 is 0.826 bits per heavy atom. The number of unbranched alkanes of at least 4 members (excludes halogenated alkanes) is 5. The fourth-order valence-electron chi connectivity index (χ4n) is 3.05. The number of carbonyl (C=O) groups is 1. The van der Waals surface area contributed by atoms with E-state index in [1.54, 1.807) is 0 Å². The van der Waals surface area contributed by atoms with Gasteiger partial charge in [-0.3, -0.25) is 4.79 Å². The van der Waals surface area contributed by atoms with Crippen LogP contribution in [-0.4, -0.2) is 33.5 Å². The van der Waals surface area contributed by atoms with E-state index in [1.807, 2.05) is 6.92 Å². The van der Waals surface area contributed by atoms with Crippen molar-refractivity contribution in [1.82, 2.24) is 0 Å². The standard InChI is InChI=1S/C19H38O4/c1-3-4-7-13-18(21)14-10-12-17(16(2)20)11-8-5-6-9-15-19(22)23/h16-18,20-21H,3-15H2,1-2H3,(H,22,23)/t16-,17-,18+/m1/s1. The van der Waals surface area contributed by atoms with Gasteiger partial charge in [-0.1, -0.05) is 51.9 Å². The molecule has 0 aliphatic rings. The summed E-state index contributed by atoms with van der Waals surface area (Å²) in [5, 5.41) is 28.4. The van der Waals surface area contributed by atoms with E-state index >= 15 is 0 Å². The number of carboxylic acids is 1. The zero-order chi connectivity index (χ0) is 17.5. The summed E-state index contributed by atoms with van der Waals surface area (Å²) < 4.78 is 0. The van der Waals surface area contributed by atoms with E-state index < -0.39 is 5.97 Å². The molecule has 0 aromatic rings. The van der Waals surface area contributed by atoms with Crippen LogP contribution in [0.3, 0.4) is 0 Å².